The van der Waals surface area contributed by atoms with Gasteiger partial charge in [0, 0.05) is 41.5 Å². The Morgan fingerprint density at radius 1 is 1.15 bits per heavy atom. The summed E-state index contributed by atoms with van der Waals surface area (Å²) in [6, 6.07) is 3.85. The molecule has 0 bridgehead atoms. The van der Waals surface area contributed by atoms with Gasteiger partial charge in [-0.3, -0.25) is 0 Å². The lowest BCUT2D eigenvalue weighted by atomic mass is 9.78. The molecule has 3 heterocycles. The zero-order chi connectivity index (χ0) is 25.1. The molecule has 1 aromatic heterocycles. The lowest BCUT2D eigenvalue weighted by molar-refractivity contribution is 0.00578. The van der Waals surface area contributed by atoms with Gasteiger partial charge < -0.3 is 23.8 Å². The summed E-state index contributed by atoms with van der Waals surface area (Å²) >= 11 is 6.74. The third-order valence-electron chi connectivity index (χ3n) is 6.79. The van der Waals surface area contributed by atoms with E-state index in [4.69, 9.17) is 25.6 Å². The quantitative estimate of drug-likeness (QED) is 0.591. The molecular weight excluding hydrogens is 455 g/mol. The number of hydrogen-bond acceptors (Lipinski definition) is 7. The molecule has 1 amide bonds. The first kappa shape index (κ1) is 25.0. The van der Waals surface area contributed by atoms with E-state index in [0.717, 1.165) is 22.2 Å². The Morgan fingerprint density at radius 2 is 1.79 bits per heavy atom. The van der Waals surface area contributed by atoms with E-state index in [2.05, 4.69) is 21.8 Å². The van der Waals surface area contributed by atoms with Crippen LogP contribution in [0.15, 0.2) is 18.5 Å². The van der Waals surface area contributed by atoms with Gasteiger partial charge >= 0.3 is 13.2 Å². The molecule has 10 heteroatoms. The first-order valence-corrected chi connectivity index (χ1v) is 12.1. The van der Waals surface area contributed by atoms with Gasteiger partial charge in [0.1, 0.15) is 17.7 Å². The van der Waals surface area contributed by atoms with Crippen molar-refractivity contribution < 1.29 is 18.8 Å². The van der Waals surface area contributed by atoms with Crippen LogP contribution in [0, 0.1) is 0 Å². The second-order valence-corrected chi connectivity index (χ2v) is 11.6. The Hall–Kier alpha value is -2.10. The van der Waals surface area contributed by atoms with Gasteiger partial charge in [0.05, 0.1) is 16.7 Å². The Kier molecular flexibility index (Phi) is 6.28. The van der Waals surface area contributed by atoms with Crippen LogP contribution >= 0.6 is 11.6 Å². The van der Waals surface area contributed by atoms with E-state index in [1.54, 1.807) is 11.2 Å². The maximum absolute atomic E-state index is 12.5. The van der Waals surface area contributed by atoms with E-state index >= 15 is 0 Å². The maximum Gasteiger partial charge on any atom is 0.496 e. The molecule has 4 rings (SSSR count). The second kappa shape index (κ2) is 8.54. The van der Waals surface area contributed by atoms with Gasteiger partial charge in [-0.25, -0.2) is 14.8 Å². The summed E-state index contributed by atoms with van der Waals surface area (Å²) < 4.78 is 17.9. The lowest BCUT2D eigenvalue weighted by Gasteiger charge is -2.41. The van der Waals surface area contributed by atoms with Gasteiger partial charge in [-0.1, -0.05) is 11.6 Å². The number of carbonyl (C=O) groups is 1. The van der Waals surface area contributed by atoms with Gasteiger partial charge in [-0.2, -0.15) is 0 Å². The van der Waals surface area contributed by atoms with Crippen LogP contribution in [0.1, 0.15) is 55.4 Å². The predicted octanol–water partition coefficient (Wildman–Crippen LogP) is 4.03. The topological polar surface area (TPSA) is 77.0 Å². The molecule has 34 heavy (non-hydrogen) atoms. The fraction of sp³-hybridized carbons (Fsp3) is 0.625. The lowest BCUT2D eigenvalue weighted by Crippen LogP contribution is -2.54. The van der Waals surface area contributed by atoms with Crippen molar-refractivity contribution in [2.24, 2.45) is 0 Å². The van der Waals surface area contributed by atoms with Crippen molar-refractivity contribution in [2.75, 3.05) is 24.5 Å². The minimum Gasteiger partial charge on any atom is -0.444 e. The standard InChI is InChI=1S/C24H34BClN4O4/c1-15-13-29(21(31)32-22(2,3)4)9-10-30(15)20-16-11-18(26)17(12-19(16)27-14-28-20)25-33-23(5,6)24(7,8)34-25/h11-12,14-15H,9-10,13H2,1-8H3/t15-/m0/s1. The molecule has 0 saturated carbocycles. The molecule has 1 aromatic carbocycles. The number of ether oxygens (including phenoxy) is 1. The minimum absolute atomic E-state index is 0.0425. The number of piperazine rings is 1. The fourth-order valence-electron chi connectivity index (χ4n) is 4.22. The molecule has 0 unspecified atom stereocenters. The van der Waals surface area contributed by atoms with Crippen LogP contribution in [0.5, 0.6) is 0 Å². The van der Waals surface area contributed by atoms with Crippen LogP contribution in [-0.4, -0.2) is 70.6 Å². The molecule has 184 valence electrons. The maximum atomic E-state index is 12.5. The number of rotatable bonds is 2. The van der Waals surface area contributed by atoms with Gasteiger partial charge in [0.25, 0.3) is 0 Å². The van der Waals surface area contributed by atoms with Gasteiger partial charge in [-0.15, -0.1) is 0 Å². The molecule has 2 aliphatic heterocycles. The molecule has 1 atom stereocenters. The highest BCUT2D eigenvalue weighted by Gasteiger charge is 2.52. The molecule has 2 saturated heterocycles. The van der Waals surface area contributed by atoms with Gasteiger partial charge in [0.15, 0.2) is 0 Å². The summed E-state index contributed by atoms with van der Waals surface area (Å²) in [4.78, 5) is 25.6. The largest absolute Gasteiger partial charge is 0.496 e. The predicted molar refractivity (Wildman–Crippen MR) is 135 cm³/mol. The average Bonchev–Trinajstić information content (AvgIpc) is 2.93. The molecule has 0 spiro atoms. The van der Waals surface area contributed by atoms with Crippen LogP contribution < -0.4 is 10.4 Å². The van der Waals surface area contributed by atoms with Crippen LogP contribution in [0.4, 0.5) is 10.6 Å². The first-order chi connectivity index (χ1) is 15.7. The van der Waals surface area contributed by atoms with Crippen LogP contribution in [0.2, 0.25) is 5.02 Å². The normalized spacial score (nSPS) is 22.4. The first-order valence-electron chi connectivity index (χ1n) is 11.7. The van der Waals surface area contributed by atoms with Crippen molar-refractivity contribution in [2.45, 2.75) is 78.2 Å². The molecular formula is C24H34BClN4O4. The van der Waals surface area contributed by atoms with E-state index in [1.165, 1.54) is 0 Å². The second-order valence-electron chi connectivity index (χ2n) is 11.1. The number of aromatic nitrogens is 2. The van der Waals surface area contributed by atoms with Crippen molar-refractivity contribution in [3.63, 3.8) is 0 Å². The Bertz CT molecular complexity index is 1090. The fourth-order valence-corrected chi connectivity index (χ4v) is 4.48. The number of nitrogens with zero attached hydrogens (tertiary/aromatic N) is 4. The van der Waals surface area contributed by atoms with Crippen LogP contribution in [-0.2, 0) is 14.0 Å². The van der Waals surface area contributed by atoms with Gasteiger partial charge in [0.2, 0.25) is 0 Å². The summed E-state index contributed by atoms with van der Waals surface area (Å²) in [5, 5.41) is 1.40. The van der Waals surface area contributed by atoms with Crippen molar-refractivity contribution in [1.82, 2.24) is 14.9 Å². The van der Waals surface area contributed by atoms with Crippen LogP contribution in [0.25, 0.3) is 10.9 Å². The summed E-state index contributed by atoms with van der Waals surface area (Å²) in [5.74, 6) is 0.795. The molecule has 0 aliphatic carbocycles. The number of carbonyl (C=O) groups excluding carboxylic acids is 1. The van der Waals surface area contributed by atoms with Crippen molar-refractivity contribution >= 4 is 47.0 Å². The van der Waals surface area contributed by atoms with E-state index in [0.29, 0.717) is 24.7 Å². The van der Waals surface area contributed by atoms with Crippen molar-refractivity contribution in [3.8, 4) is 0 Å². The molecule has 0 radical (unpaired) electrons. The van der Waals surface area contributed by atoms with Crippen molar-refractivity contribution in [1.29, 1.82) is 0 Å². The Labute approximate surface area is 207 Å². The number of hydrogen-bond donors (Lipinski definition) is 0. The minimum atomic E-state index is -0.573. The number of anilines is 1. The average molecular weight is 489 g/mol. The SMILES string of the molecule is C[C@H]1CN(C(=O)OC(C)(C)C)CCN1c1ncnc2cc(B3OC(C)(C)C(C)(C)O3)c(Cl)cc12. The summed E-state index contributed by atoms with van der Waals surface area (Å²) in [5.41, 5.74) is 0.0685. The molecule has 2 aromatic rings. The smallest absolute Gasteiger partial charge is 0.444 e. The molecule has 2 aliphatic rings. The molecule has 0 N–H and O–H groups in total. The molecule has 2 fully saturated rings. The number of amides is 1. The Balaban J connectivity index is 1.59. The zero-order valence-corrected chi connectivity index (χ0v) is 22.1. The summed E-state index contributed by atoms with van der Waals surface area (Å²) in [7, 11) is -0.573. The zero-order valence-electron chi connectivity index (χ0n) is 21.3. The third-order valence-corrected chi connectivity index (χ3v) is 7.12. The highest BCUT2D eigenvalue weighted by atomic mass is 35.5. The monoisotopic (exact) mass is 488 g/mol. The van der Waals surface area contributed by atoms with Gasteiger partial charge in [-0.05, 0) is 67.5 Å². The molecule has 8 nitrogen and oxygen atoms in total. The number of halogens is 1. The highest BCUT2D eigenvalue weighted by molar-refractivity contribution is 6.66. The van der Waals surface area contributed by atoms with E-state index in [9.17, 15) is 4.79 Å². The van der Waals surface area contributed by atoms with E-state index in [1.807, 2.05) is 60.6 Å². The number of fused-ring (bicyclic) bond motifs is 1. The van der Waals surface area contributed by atoms with Crippen molar-refractivity contribution in [3.05, 3.63) is 23.5 Å². The highest BCUT2D eigenvalue weighted by Crippen LogP contribution is 2.37. The van der Waals surface area contributed by atoms with E-state index in [-0.39, 0.29) is 12.1 Å². The Morgan fingerprint density at radius 3 is 2.38 bits per heavy atom. The van der Waals surface area contributed by atoms with Crippen LogP contribution in [0.3, 0.4) is 0 Å². The van der Waals surface area contributed by atoms with E-state index < -0.39 is 23.9 Å². The number of benzene rings is 1. The summed E-state index contributed by atoms with van der Waals surface area (Å²) in [6.07, 6.45) is 1.27. The summed E-state index contributed by atoms with van der Waals surface area (Å²) in [6.45, 7) is 17.5. The third kappa shape index (κ3) is 4.70.